The van der Waals surface area contributed by atoms with Gasteiger partial charge in [0.15, 0.2) is 11.4 Å². The van der Waals surface area contributed by atoms with E-state index < -0.39 is 0 Å². The molecule has 1 aliphatic rings. The number of carbonyl (C=O) groups is 2. The molecule has 0 spiro atoms. The van der Waals surface area contributed by atoms with E-state index in [4.69, 9.17) is 17.3 Å². The Bertz CT molecular complexity index is 609. The van der Waals surface area contributed by atoms with E-state index in [2.05, 4.69) is 10.6 Å². The maximum absolute atomic E-state index is 12.0. The normalized spacial score (nSPS) is 14.9. The van der Waals surface area contributed by atoms with Crippen LogP contribution in [0.3, 0.4) is 0 Å². The van der Waals surface area contributed by atoms with Crippen molar-refractivity contribution in [3.05, 3.63) is 41.2 Å². The van der Waals surface area contributed by atoms with Crippen LogP contribution in [0.15, 0.2) is 35.7 Å². The first-order chi connectivity index (χ1) is 11.0. The highest BCUT2D eigenvalue weighted by Crippen LogP contribution is 2.18. The molecule has 0 aromatic heterocycles. The van der Waals surface area contributed by atoms with E-state index in [1.54, 1.807) is 29.6 Å². The molecule has 1 aromatic carbocycles. The van der Waals surface area contributed by atoms with Crippen LogP contribution in [-0.4, -0.2) is 30.3 Å². The van der Waals surface area contributed by atoms with Gasteiger partial charge >= 0.3 is 0 Å². The number of halogens is 1. The van der Waals surface area contributed by atoms with E-state index >= 15 is 0 Å². The minimum absolute atomic E-state index is 0.115. The zero-order valence-corrected chi connectivity index (χ0v) is 13.8. The minimum atomic E-state index is -0.279. The monoisotopic (exact) mass is 337 g/mol. The van der Waals surface area contributed by atoms with Gasteiger partial charge in [-0.25, -0.2) is 0 Å². The molecule has 6 nitrogen and oxygen atoms in total. The van der Waals surface area contributed by atoms with Gasteiger partial charge in [-0.2, -0.15) is 0 Å². The number of hydrogen-bond donors (Lipinski definition) is 4. The molecule has 2 amide bonds. The molecule has 7 heteroatoms. The van der Waals surface area contributed by atoms with E-state index in [0.717, 1.165) is 18.5 Å². The molecule has 2 rings (SSSR count). The molecule has 0 bridgehead atoms. The predicted molar refractivity (Wildman–Crippen MR) is 89.1 cm³/mol. The molecule has 1 fully saturated rings. The maximum Gasteiger partial charge on any atom is 0.273 e. The number of hydrogen-bond acceptors (Lipinski definition) is 3. The average Bonchev–Trinajstić information content (AvgIpc) is 3.36. The van der Waals surface area contributed by atoms with Crippen molar-refractivity contribution >= 4 is 29.1 Å². The molecule has 1 saturated carbocycles. The molecule has 0 atom stereocenters. The number of nitrogens with two attached hydrogens (primary N) is 2. The number of rotatable bonds is 7. The Morgan fingerprint density at radius 1 is 1.30 bits per heavy atom. The van der Waals surface area contributed by atoms with Crippen molar-refractivity contribution in [3.63, 3.8) is 0 Å². The Kier molecular flexibility index (Phi) is 6.01. The Balaban J connectivity index is 2.05. The largest absolute Gasteiger partial charge is 0.390 e. The minimum Gasteiger partial charge on any atom is -0.390 e. The molecule has 0 unspecified atom stereocenters. The standard InChI is InChI=1S/C16H21ClN4O2/c1-2-19-15(22)10-3-5-11(6-4-10)20-13(9-17)14(18)16(23)21-12-7-8-12/h3-6,12,20H,2,7-9,18H2,1H3,(H,19,22)(H,21,23)/p+1. The zero-order chi connectivity index (χ0) is 16.8. The molecule has 6 N–H and O–H groups in total. The Morgan fingerprint density at radius 2 is 1.96 bits per heavy atom. The molecular formula is C16H22ClN4O2+. The highest BCUT2D eigenvalue weighted by atomic mass is 35.5. The predicted octanol–water partition coefficient (Wildman–Crippen LogP) is 0.319. The first-order valence-electron chi connectivity index (χ1n) is 7.63. The quantitative estimate of drug-likeness (QED) is 0.327. The fourth-order valence-electron chi connectivity index (χ4n) is 2.02. The second kappa shape index (κ2) is 7.99. The first-order valence-corrected chi connectivity index (χ1v) is 8.17. The van der Waals surface area contributed by atoms with Gasteiger partial charge in [0.1, 0.15) is 5.69 Å². The first kappa shape index (κ1) is 17.3. The van der Waals surface area contributed by atoms with Gasteiger partial charge in [-0.15, -0.1) is 11.6 Å². The summed E-state index contributed by atoms with van der Waals surface area (Å²) in [7, 11) is 0. The van der Waals surface area contributed by atoms with Gasteiger partial charge in [-0.1, -0.05) is 0 Å². The summed E-state index contributed by atoms with van der Waals surface area (Å²) in [5.41, 5.74) is 8.02. The van der Waals surface area contributed by atoms with Crippen molar-refractivity contribution in [2.45, 2.75) is 25.8 Å². The third-order valence-electron chi connectivity index (χ3n) is 3.50. The lowest BCUT2D eigenvalue weighted by Gasteiger charge is -2.08. The van der Waals surface area contributed by atoms with Crippen molar-refractivity contribution in [2.75, 3.05) is 12.4 Å². The maximum atomic E-state index is 12.0. The van der Waals surface area contributed by atoms with Crippen LogP contribution >= 0.6 is 11.6 Å². The van der Waals surface area contributed by atoms with Crippen LogP contribution in [0.1, 0.15) is 30.1 Å². The third-order valence-corrected chi connectivity index (χ3v) is 3.79. The van der Waals surface area contributed by atoms with Crippen molar-refractivity contribution in [3.8, 4) is 0 Å². The number of allylic oxidation sites excluding steroid dienone is 1. The molecule has 0 heterocycles. The number of quaternary nitrogens is 1. The van der Waals surface area contributed by atoms with E-state index in [1.165, 1.54) is 0 Å². The average molecular weight is 338 g/mol. The van der Waals surface area contributed by atoms with Crippen LogP contribution in [0.5, 0.6) is 0 Å². The fourth-order valence-corrected chi connectivity index (χ4v) is 2.24. The summed E-state index contributed by atoms with van der Waals surface area (Å²) in [6.45, 7) is 2.45. The van der Waals surface area contributed by atoms with Crippen LogP contribution < -0.4 is 21.7 Å². The molecule has 124 valence electrons. The van der Waals surface area contributed by atoms with Crippen LogP contribution in [0.25, 0.3) is 0 Å². The molecule has 0 saturated heterocycles. The van der Waals surface area contributed by atoms with Crippen LogP contribution in [-0.2, 0) is 4.79 Å². The number of nitrogens with one attached hydrogen (secondary N) is 2. The number of benzene rings is 1. The fraction of sp³-hybridized carbons (Fsp3) is 0.375. The molecule has 1 aliphatic carbocycles. The van der Waals surface area contributed by atoms with Crippen molar-refractivity contribution in [2.24, 2.45) is 5.73 Å². The summed E-state index contributed by atoms with van der Waals surface area (Å²) in [6, 6.07) is 7.28. The van der Waals surface area contributed by atoms with Gasteiger partial charge in [-0.3, -0.25) is 14.9 Å². The van der Waals surface area contributed by atoms with Gasteiger partial charge in [0, 0.05) is 30.3 Å². The zero-order valence-electron chi connectivity index (χ0n) is 13.1. The molecule has 0 aliphatic heterocycles. The third kappa shape index (κ3) is 4.97. The van der Waals surface area contributed by atoms with Gasteiger partial charge in [0.25, 0.3) is 11.8 Å². The van der Waals surface area contributed by atoms with E-state index in [0.29, 0.717) is 17.8 Å². The van der Waals surface area contributed by atoms with E-state index in [-0.39, 0.29) is 29.4 Å². The summed E-state index contributed by atoms with van der Waals surface area (Å²) in [4.78, 5) is 23.7. The number of carbonyl (C=O) groups excluding carboxylic acids is 2. The molecular weight excluding hydrogens is 316 g/mol. The summed E-state index contributed by atoms with van der Waals surface area (Å²) in [5, 5.41) is 7.34. The number of alkyl halides is 1. The summed E-state index contributed by atoms with van der Waals surface area (Å²) in [6.07, 6.45) is 2.00. The van der Waals surface area contributed by atoms with Crippen molar-refractivity contribution in [1.29, 1.82) is 0 Å². The molecule has 1 aromatic rings. The Labute approximate surface area is 140 Å². The number of amides is 2. The van der Waals surface area contributed by atoms with Crippen molar-refractivity contribution < 1.29 is 14.9 Å². The Hall–Kier alpha value is -2.05. The Morgan fingerprint density at radius 3 is 2.48 bits per heavy atom. The molecule has 23 heavy (non-hydrogen) atoms. The van der Waals surface area contributed by atoms with Crippen LogP contribution in [0, 0.1) is 0 Å². The van der Waals surface area contributed by atoms with Crippen LogP contribution in [0.4, 0.5) is 5.69 Å². The molecule has 0 radical (unpaired) electrons. The highest BCUT2D eigenvalue weighted by molar-refractivity contribution is 6.19. The topological polar surface area (TPSA) is 101 Å². The van der Waals surface area contributed by atoms with Gasteiger partial charge in [0.05, 0.1) is 5.88 Å². The summed E-state index contributed by atoms with van der Waals surface area (Å²) in [5.74, 6) is -0.254. The SMILES string of the molecule is CCNC(=O)c1ccc([NH2+]C(CCl)=C(N)C(=O)NC2CC2)cc1. The second-order valence-corrected chi connectivity index (χ2v) is 5.71. The van der Waals surface area contributed by atoms with Gasteiger partial charge < -0.3 is 16.4 Å². The second-order valence-electron chi connectivity index (χ2n) is 5.45. The van der Waals surface area contributed by atoms with Gasteiger partial charge in [-0.05, 0) is 31.9 Å². The van der Waals surface area contributed by atoms with Crippen LogP contribution in [0.2, 0.25) is 0 Å². The van der Waals surface area contributed by atoms with Gasteiger partial charge in [0.2, 0.25) is 0 Å². The highest BCUT2D eigenvalue weighted by Gasteiger charge is 2.26. The van der Waals surface area contributed by atoms with Crippen molar-refractivity contribution in [1.82, 2.24) is 10.6 Å². The van der Waals surface area contributed by atoms with E-state index in [1.807, 2.05) is 6.92 Å². The van der Waals surface area contributed by atoms with E-state index in [9.17, 15) is 9.59 Å². The lowest BCUT2D eigenvalue weighted by molar-refractivity contribution is -0.517. The lowest BCUT2D eigenvalue weighted by atomic mass is 10.2. The summed E-state index contributed by atoms with van der Waals surface area (Å²) >= 11 is 5.92. The summed E-state index contributed by atoms with van der Waals surface area (Å²) < 4.78 is 0. The smallest absolute Gasteiger partial charge is 0.273 e. The lowest BCUT2D eigenvalue weighted by Crippen LogP contribution is -2.77.